The van der Waals surface area contributed by atoms with E-state index < -0.39 is 12.6 Å². The maximum absolute atomic E-state index is 11.9. The van der Waals surface area contributed by atoms with Gasteiger partial charge < -0.3 is 19.4 Å². The Kier molecular flexibility index (Phi) is 6.93. The van der Waals surface area contributed by atoms with E-state index in [4.69, 9.17) is 9.47 Å². The first kappa shape index (κ1) is 20.0. The van der Waals surface area contributed by atoms with Crippen molar-refractivity contribution in [2.75, 3.05) is 13.2 Å². The number of benzene rings is 2. The Morgan fingerprint density at radius 3 is 2.15 bits per heavy atom. The Hall–Kier alpha value is -3.35. The van der Waals surface area contributed by atoms with Crippen molar-refractivity contribution in [3.63, 3.8) is 0 Å². The van der Waals surface area contributed by atoms with E-state index in [1.807, 2.05) is 32.0 Å². The zero-order valence-electron chi connectivity index (χ0n) is 15.4. The molecule has 0 unspecified atom stereocenters. The van der Waals surface area contributed by atoms with Gasteiger partial charge in [0, 0.05) is 0 Å². The van der Waals surface area contributed by atoms with Gasteiger partial charge in [0.1, 0.15) is 18.1 Å². The molecule has 1 N–H and O–H groups in total. The summed E-state index contributed by atoms with van der Waals surface area (Å²) in [5, 5.41) is 14.4. The highest BCUT2D eigenvalue weighted by molar-refractivity contribution is 5.99. The Labute approximate surface area is 157 Å². The highest BCUT2D eigenvalue weighted by Crippen LogP contribution is 2.16. The molecule has 7 heteroatoms. The number of aryl methyl sites for hydroxylation is 2. The fraction of sp³-hybridized carbons (Fsp3) is 0.250. The summed E-state index contributed by atoms with van der Waals surface area (Å²) < 4.78 is 10.5. The summed E-state index contributed by atoms with van der Waals surface area (Å²) in [4.78, 5) is 22.3. The Morgan fingerprint density at radius 1 is 0.963 bits per heavy atom. The third-order valence-corrected chi connectivity index (χ3v) is 3.54. The zero-order chi connectivity index (χ0) is 19.8. The lowest BCUT2D eigenvalue weighted by molar-refractivity contribution is -0.307. The lowest BCUT2D eigenvalue weighted by atomic mass is 10.1. The van der Waals surface area contributed by atoms with Crippen LogP contribution in [0.1, 0.15) is 23.6 Å². The molecule has 0 saturated carbocycles. The molecule has 0 spiro atoms. The van der Waals surface area contributed by atoms with Crippen LogP contribution >= 0.6 is 0 Å². The summed E-state index contributed by atoms with van der Waals surface area (Å²) in [6.45, 7) is 5.01. The number of aliphatic carboxylic acids is 1. The van der Waals surface area contributed by atoms with E-state index in [9.17, 15) is 14.7 Å². The average molecular weight is 369 g/mol. The molecule has 2 aromatic rings. The lowest BCUT2D eigenvalue weighted by Gasteiger charge is -2.08. The monoisotopic (exact) mass is 369 g/mol. The first-order valence-electron chi connectivity index (χ1n) is 8.31. The Bertz CT molecular complexity index is 824. The molecular formula is C20H21N2O5-. The molecule has 0 fully saturated rings. The average Bonchev–Trinajstić information content (AvgIpc) is 2.62. The van der Waals surface area contributed by atoms with Crippen LogP contribution in [0.25, 0.3) is 0 Å². The van der Waals surface area contributed by atoms with Gasteiger partial charge in [-0.3, -0.25) is 4.79 Å². The van der Waals surface area contributed by atoms with E-state index in [1.54, 1.807) is 31.2 Å². The van der Waals surface area contributed by atoms with Crippen molar-refractivity contribution in [3.05, 3.63) is 59.2 Å². The molecule has 0 heterocycles. The first-order chi connectivity index (χ1) is 12.8. The van der Waals surface area contributed by atoms with Gasteiger partial charge in [0.2, 0.25) is 0 Å². The largest absolute Gasteiger partial charge is 0.546 e. The molecular weight excluding hydrogens is 348 g/mol. The van der Waals surface area contributed by atoms with Gasteiger partial charge in [-0.1, -0.05) is 6.07 Å². The lowest BCUT2D eigenvalue weighted by Crippen LogP contribution is -2.28. The fourth-order valence-corrected chi connectivity index (χ4v) is 2.34. The second-order valence-corrected chi connectivity index (χ2v) is 6.03. The van der Waals surface area contributed by atoms with E-state index >= 15 is 0 Å². The van der Waals surface area contributed by atoms with Crippen molar-refractivity contribution in [2.45, 2.75) is 20.8 Å². The van der Waals surface area contributed by atoms with Crippen LogP contribution in [0.5, 0.6) is 11.5 Å². The van der Waals surface area contributed by atoms with Gasteiger partial charge >= 0.3 is 0 Å². The normalized spacial score (nSPS) is 11.0. The topological polar surface area (TPSA) is 100 Å². The molecule has 0 saturated heterocycles. The van der Waals surface area contributed by atoms with E-state index in [0.717, 1.165) is 16.7 Å². The van der Waals surface area contributed by atoms with Gasteiger partial charge in [0.05, 0.1) is 11.7 Å². The number of carbonyl (C=O) groups is 2. The van der Waals surface area contributed by atoms with E-state index in [0.29, 0.717) is 17.2 Å². The van der Waals surface area contributed by atoms with Crippen molar-refractivity contribution in [3.8, 4) is 11.5 Å². The van der Waals surface area contributed by atoms with E-state index in [-0.39, 0.29) is 12.5 Å². The van der Waals surface area contributed by atoms with E-state index in [1.165, 1.54) is 0 Å². The molecule has 0 radical (unpaired) electrons. The number of hydrazone groups is 1. The number of ether oxygens (including phenoxy) is 2. The van der Waals surface area contributed by atoms with Gasteiger partial charge in [-0.2, -0.15) is 5.10 Å². The number of carbonyl (C=O) groups excluding carboxylic acids is 2. The summed E-state index contributed by atoms with van der Waals surface area (Å²) in [5.41, 5.74) is 5.91. The molecule has 0 aliphatic carbocycles. The minimum Gasteiger partial charge on any atom is -0.546 e. The number of carboxylic acids is 1. The van der Waals surface area contributed by atoms with Gasteiger partial charge in [-0.05, 0) is 73.9 Å². The molecule has 142 valence electrons. The van der Waals surface area contributed by atoms with Gasteiger partial charge in [-0.25, -0.2) is 5.43 Å². The van der Waals surface area contributed by atoms with E-state index in [2.05, 4.69) is 10.5 Å². The summed E-state index contributed by atoms with van der Waals surface area (Å²) in [7, 11) is 0. The van der Waals surface area contributed by atoms with Crippen LogP contribution in [-0.2, 0) is 9.59 Å². The summed E-state index contributed by atoms with van der Waals surface area (Å²) >= 11 is 0. The van der Waals surface area contributed by atoms with Crippen LogP contribution in [0, 0.1) is 13.8 Å². The molecule has 0 bridgehead atoms. The smallest absolute Gasteiger partial charge is 0.277 e. The van der Waals surface area contributed by atoms with Gasteiger partial charge in [0.25, 0.3) is 5.91 Å². The predicted molar refractivity (Wildman–Crippen MR) is 98.7 cm³/mol. The molecule has 0 aliphatic heterocycles. The number of carboxylic acid groups (broad SMARTS) is 1. The summed E-state index contributed by atoms with van der Waals surface area (Å²) in [5.74, 6) is -0.623. The van der Waals surface area contributed by atoms with Crippen LogP contribution in [0.2, 0.25) is 0 Å². The van der Waals surface area contributed by atoms with Crippen molar-refractivity contribution in [1.82, 2.24) is 5.43 Å². The molecule has 2 rings (SSSR count). The molecule has 0 atom stereocenters. The Morgan fingerprint density at radius 2 is 1.56 bits per heavy atom. The molecule has 0 aromatic heterocycles. The Balaban J connectivity index is 1.86. The molecule has 1 amide bonds. The minimum absolute atomic E-state index is 0.143. The third-order valence-electron chi connectivity index (χ3n) is 3.54. The highest BCUT2D eigenvalue weighted by Gasteiger charge is 2.04. The van der Waals surface area contributed by atoms with Gasteiger partial charge in [-0.15, -0.1) is 0 Å². The van der Waals surface area contributed by atoms with Crippen LogP contribution in [0.15, 0.2) is 47.6 Å². The number of nitrogens with zero attached hydrogens (tertiary/aromatic N) is 1. The fourth-order valence-electron chi connectivity index (χ4n) is 2.34. The highest BCUT2D eigenvalue weighted by atomic mass is 16.5. The zero-order valence-corrected chi connectivity index (χ0v) is 15.4. The second kappa shape index (κ2) is 9.38. The molecule has 27 heavy (non-hydrogen) atoms. The number of rotatable bonds is 8. The van der Waals surface area contributed by atoms with Crippen molar-refractivity contribution >= 4 is 17.6 Å². The maximum atomic E-state index is 11.9. The number of nitrogens with one attached hydrogen (secondary N) is 1. The second-order valence-electron chi connectivity index (χ2n) is 6.03. The number of amides is 1. The van der Waals surface area contributed by atoms with Gasteiger partial charge in [0.15, 0.2) is 6.61 Å². The standard InChI is InChI=1S/C20H22N2O5/c1-13-8-14(2)10-18(9-13)26-11-19(23)22-21-15(3)16-4-6-17(7-5-16)27-12-20(24)25/h4-10H,11-12H2,1-3H3,(H,22,23)(H,24,25)/p-1/b21-15-. The third kappa shape index (κ3) is 6.81. The first-order valence-corrected chi connectivity index (χ1v) is 8.31. The van der Waals surface area contributed by atoms with Crippen molar-refractivity contribution in [2.24, 2.45) is 5.10 Å². The maximum Gasteiger partial charge on any atom is 0.277 e. The number of hydrogen-bond acceptors (Lipinski definition) is 6. The van der Waals surface area contributed by atoms with Crippen molar-refractivity contribution in [1.29, 1.82) is 0 Å². The minimum atomic E-state index is -1.29. The quantitative estimate of drug-likeness (QED) is 0.559. The summed E-state index contributed by atoms with van der Waals surface area (Å²) in [6, 6.07) is 12.4. The number of hydrogen-bond donors (Lipinski definition) is 1. The van der Waals surface area contributed by atoms with Crippen LogP contribution in [0.4, 0.5) is 0 Å². The van der Waals surface area contributed by atoms with Crippen LogP contribution in [0.3, 0.4) is 0 Å². The van der Waals surface area contributed by atoms with Crippen LogP contribution in [-0.4, -0.2) is 30.8 Å². The SMILES string of the molecule is C/C(=N/NC(=O)COc1cc(C)cc(C)c1)c1ccc(OCC(=O)[O-])cc1. The van der Waals surface area contributed by atoms with Crippen molar-refractivity contribution < 1.29 is 24.2 Å². The summed E-state index contributed by atoms with van der Waals surface area (Å²) in [6.07, 6.45) is 0. The van der Waals surface area contributed by atoms with Crippen LogP contribution < -0.4 is 20.0 Å². The molecule has 0 aliphatic rings. The predicted octanol–water partition coefficient (Wildman–Crippen LogP) is 1.35. The molecule has 2 aromatic carbocycles. The molecule has 7 nitrogen and oxygen atoms in total.